The molecule has 2 aromatic rings. The molecule has 3 heteroatoms. The van der Waals surface area contributed by atoms with Crippen LogP contribution in [0.4, 0.5) is 0 Å². The van der Waals surface area contributed by atoms with Gasteiger partial charge in [-0.15, -0.1) is 0 Å². The fraction of sp³-hybridized carbons (Fsp3) is 0.133. The Morgan fingerprint density at radius 3 is 2.56 bits per heavy atom. The molecule has 0 atom stereocenters. The number of esters is 1. The molecule has 0 heterocycles. The minimum absolute atomic E-state index is 0.147. The highest BCUT2D eigenvalue weighted by Crippen LogP contribution is 2.20. The van der Waals surface area contributed by atoms with Gasteiger partial charge in [0.1, 0.15) is 5.75 Å². The Morgan fingerprint density at radius 1 is 1.17 bits per heavy atom. The topological polar surface area (TPSA) is 46.5 Å². The molecule has 2 aromatic carbocycles. The van der Waals surface area contributed by atoms with Crippen LogP contribution in [0.5, 0.6) is 5.75 Å². The molecule has 2 rings (SSSR count). The molecule has 18 heavy (non-hydrogen) atoms. The van der Waals surface area contributed by atoms with Crippen molar-refractivity contribution in [3.8, 4) is 5.75 Å². The minimum atomic E-state index is -0.388. The number of carbonyl (C=O) groups is 1. The third-order valence-electron chi connectivity index (χ3n) is 2.73. The summed E-state index contributed by atoms with van der Waals surface area (Å²) >= 11 is 0. The number of hydrogen-bond donors (Lipinski definition) is 1. The Bertz CT molecular complexity index is 547. The van der Waals surface area contributed by atoms with Crippen LogP contribution in [0.15, 0.2) is 48.5 Å². The summed E-state index contributed by atoms with van der Waals surface area (Å²) < 4.78 is 4.73. The lowest BCUT2D eigenvalue weighted by Crippen LogP contribution is -2.06. The molecule has 0 radical (unpaired) electrons. The van der Waals surface area contributed by atoms with Gasteiger partial charge < -0.3 is 9.84 Å². The predicted octanol–water partition coefficient (Wildman–Crippen LogP) is 2.77. The SMILES string of the molecule is COC(=O)c1ccc(O)cc1Cc1ccccc1. The van der Waals surface area contributed by atoms with Crippen molar-refractivity contribution < 1.29 is 14.6 Å². The van der Waals surface area contributed by atoms with Crippen LogP contribution >= 0.6 is 0 Å². The molecule has 0 fully saturated rings. The molecule has 0 bridgehead atoms. The average Bonchev–Trinajstić information content (AvgIpc) is 2.39. The average molecular weight is 242 g/mol. The van der Waals surface area contributed by atoms with Crippen molar-refractivity contribution in [2.45, 2.75) is 6.42 Å². The van der Waals surface area contributed by atoms with E-state index in [1.54, 1.807) is 12.1 Å². The third kappa shape index (κ3) is 2.69. The van der Waals surface area contributed by atoms with Crippen LogP contribution in [-0.4, -0.2) is 18.2 Å². The molecule has 0 saturated heterocycles. The lowest BCUT2D eigenvalue weighted by atomic mass is 9.99. The number of hydrogen-bond acceptors (Lipinski definition) is 3. The van der Waals surface area contributed by atoms with Gasteiger partial charge >= 0.3 is 5.97 Å². The molecule has 0 aromatic heterocycles. The zero-order chi connectivity index (χ0) is 13.0. The highest BCUT2D eigenvalue weighted by atomic mass is 16.5. The van der Waals surface area contributed by atoms with Crippen LogP contribution in [0.1, 0.15) is 21.5 Å². The maximum atomic E-state index is 11.6. The van der Waals surface area contributed by atoms with Crippen LogP contribution in [0.25, 0.3) is 0 Å². The molecule has 1 N–H and O–H groups in total. The van der Waals surface area contributed by atoms with Crippen LogP contribution in [0.3, 0.4) is 0 Å². The second kappa shape index (κ2) is 5.36. The molecule has 3 nitrogen and oxygen atoms in total. The number of rotatable bonds is 3. The number of ether oxygens (including phenoxy) is 1. The van der Waals surface area contributed by atoms with Gasteiger partial charge in [-0.3, -0.25) is 0 Å². The Hall–Kier alpha value is -2.29. The Balaban J connectivity index is 2.36. The van der Waals surface area contributed by atoms with Gasteiger partial charge in [-0.1, -0.05) is 30.3 Å². The van der Waals surface area contributed by atoms with E-state index in [0.29, 0.717) is 12.0 Å². The zero-order valence-corrected chi connectivity index (χ0v) is 10.1. The van der Waals surface area contributed by atoms with Crippen molar-refractivity contribution in [1.82, 2.24) is 0 Å². The Kier molecular flexibility index (Phi) is 3.63. The highest BCUT2D eigenvalue weighted by molar-refractivity contribution is 5.91. The van der Waals surface area contributed by atoms with Crippen molar-refractivity contribution in [2.24, 2.45) is 0 Å². The minimum Gasteiger partial charge on any atom is -0.508 e. The van der Waals surface area contributed by atoms with Crippen molar-refractivity contribution >= 4 is 5.97 Å². The summed E-state index contributed by atoms with van der Waals surface area (Å²) in [7, 11) is 1.35. The summed E-state index contributed by atoms with van der Waals surface area (Å²) in [5.74, 6) is -0.241. The van der Waals surface area contributed by atoms with Crippen LogP contribution in [0, 0.1) is 0 Å². The molecule has 0 unspecified atom stereocenters. The van der Waals surface area contributed by atoms with Gasteiger partial charge in [-0.05, 0) is 35.7 Å². The van der Waals surface area contributed by atoms with Gasteiger partial charge in [-0.2, -0.15) is 0 Å². The van der Waals surface area contributed by atoms with Gasteiger partial charge in [0.2, 0.25) is 0 Å². The van der Waals surface area contributed by atoms with E-state index < -0.39 is 0 Å². The number of aromatic hydroxyl groups is 1. The summed E-state index contributed by atoms with van der Waals surface area (Å²) in [6.07, 6.45) is 0.583. The summed E-state index contributed by atoms with van der Waals surface area (Å²) in [5.41, 5.74) is 2.32. The molecule has 92 valence electrons. The van der Waals surface area contributed by atoms with Crippen LogP contribution < -0.4 is 0 Å². The van der Waals surface area contributed by atoms with E-state index in [0.717, 1.165) is 11.1 Å². The van der Waals surface area contributed by atoms with Crippen LogP contribution in [0.2, 0.25) is 0 Å². The first-order chi connectivity index (χ1) is 8.70. The van der Waals surface area contributed by atoms with E-state index in [-0.39, 0.29) is 11.7 Å². The lowest BCUT2D eigenvalue weighted by Gasteiger charge is -2.08. The molecule has 0 saturated carbocycles. The van der Waals surface area contributed by atoms with E-state index in [1.165, 1.54) is 13.2 Å². The molecule has 0 amide bonds. The smallest absolute Gasteiger partial charge is 0.338 e. The molecule has 0 aliphatic rings. The van der Waals surface area contributed by atoms with Gasteiger partial charge in [0, 0.05) is 0 Å². The largest absolute Gasteiger partial charge is 0.508 e. The van der Waals surface area contributed by atoms with Crippen molar-refractivity contribution in [2.75, 3.05) is 7.11 Å². The normalized spacial score (nSPS) is 10.1. The second-order valence-corrected chi connectivity index (χ2v) is 4.00. The number of carbonyl (C=O) groups excluding carboxylic acids is 1. The van der Waals surface area contributed by atoms with E-state index >= 15 is 0 Å². The summed E-state index contributed by atoms with van der Waals surface area (Å²) in [6, 6.07) is 14.4. The fourth-order valence-corrected chi connectivity index (χ4v) is 1.85. The van der Waals surface area contributed by atoms with Gasteiger partial charge in [0.25, 0.3) is 0 Å². The second-order valence-electron chi connectivity index (χ2n) is 4.00. The summed E-state index contributed by atoms with van der Waals surface area (Å²) in [5, 5.41) is 9.52. The van der Waals surface area contributed by atoms with E-state index in [4.69, 9.17) is 4.74 Å². The number of benzene rings is 2. The molecule has 0 aliphatic carbocycles. The van der Waals surface area contributed by atoms with Gasteiger partial charge in [0.05, 0.1) is 12.7 Å². The van der Waals surface area contributed by atoms with Crippen LogP contribution in [-0.2, 0) is 11.2 Å². The van der Waals surface area contributed by atoms with Gasteiger partial charge in [-0.25, -0.2) is 4.79 Å². The molecular weight excluding hydrogens is 228 g/mol. The third-order valence-corrected chi connectivity index (χ3v) is 2.73. The van der Waals surface area contributed by atoms with Crippen molar-refractivity contribution in [1.29, 1.82) is 0 Å². The number of phenols is 1. The predicted molar refractivity (Wildman–Crippen MR) is 68.7 cm³/mol. The Labute approximate surface area is 106 Å². The monoisotopic (exact) mass is 242 g/mol. The maximum Gasteiger partial charge on any atom is 0.338 e. The quantitative estimate of drug-likeness (QED) is 0.842. The standard InChI is InChI=1S/C15H14O3/c1-18-15(17)14-8-7-13(16)10-12(14)9-11-5-3-2-4-6-11/h2-8,10,16H,9H2,1H3. The molecule has 0 spiro atoms. The van der Waals surface area contributed by atoms with Crippen molar-refractivity contribution in [3.63, 3.8) is 0 Å². The van der Waals surface area contributed by atoms with E-state index in [2.05, 4.69) is 0 Å². The first-order valence-corrected chi connectivity index (χ1v) is 5.65. The Morgan fingerprint density at radius 2 is 1.89 bits per heavy atom. The maximum absolute atomic E-state index is 11.6. The first kappa shape index (κ1) is 12.2. The first-order valence-electron chi connectivity index (χ1n) is 5.65. The summed E-state index contributed by atoms with van der Waals surface area (Å²) in [4.78, 5) is 11.6. The van der Waals surface area contributed by atoms with E-state index in [9.17, 15) is 9.90 Å². The van der Waals surface area contributed by atoms with Crippen molar-refractivity contribution in [3.05, 3.63) is 65.2 Å². The highest BCUT2D eigenvalue weighted by Gasteiger charge is 2.12. The summed E-state index contributed by atoms with van der Waals surface area (Å²) in [6.45, 7) is 0. The zero-order valence-electron chi connectivity index (χ0n) is 10.1. The van der Waals surface area contributed by atoms with Gasteiger partial charge in [0.15, 0.2) is 0 Å². The van der Waals surface area contributed by atoms with E-state index in [1.807, 2.05) is 30.3 Å². The lowest BCUT2D eigenvalue weighted by molar-refractivity contribution is 0.0599. The molecular formula is C15H14O3. The molecule has 0 aliphatic heterocycles. The number of phenolic OH excluding ortho intramolecular Hbond substituents is 1. The fourth-order valence-electron chi connectivity index (χ4n) is 1.85. The number of methoxy groups -OCH3 is 1.